The zero-order valence-corrected chi connectivity index (χ0v) is 18.9. The van der Waals surface area contributed by atoms with Gasteiger partial charge in [0.15, 0.2) is 5.96 Å². The summed E-state index contributed by atoms with van der Waals surface area (Å²) in [6.07, 6.45) is 6.51. The second-order valence-corrected chi connectivity index (χ2v) is 6.75. The Kier molecular flexibility index (Phi) is 10.3. The summed E-state index contributed by atoms with van der Waals surface area (Å²) in [6.45, 7) is 5.07. The zero-order chi connectivity index (χ0) is 18.7. The number of nitrogens with one attached hydrogen (secondary N) is 2. The molecule has 0 radical (unpaired) electrons. The Morgan fingerprint density at radius 1 is 1.18 bits per heavy atom. The second kappa shape index (κ2) is 12.7. The molecule has 0 fully saturated rings. The van der Waals surface area contributed by atoms with E-state index >= 15 is 0 Å². The van der Waals surface area contributed by atoms with Crippen molar-refractivity contribution in [2.45, 2.75) is 45.3 Å². The van der Waals surface area contributed by atoms with Crippen molar-refractivity contribution >= 4 is 29.9 Å². The van der Waals surface area contributed by atoms with Crippen LogP contribution in [0.4, 0.5) is 0 Å². The van der Waals surface area contributed by atoms with Crippen LogP contribution in [0.5, 0.6) is 0 Å². The lowest BCUT2D eigenvalue weighted by Crippen LogP contribution is -2.38. The Morgan fingerprint density at radius 2 is 2.04 bits per heavy atom. The smallest absolute Gasteiger partial charge is 0.191 e. The molecule has 1 unspecified atom stereocenters. The van der Waals surface area contributed by atoms with Crippen LogP contribution < -0.4 is 10.6 Å². The van der Waals surface area contributed by atoms with Gasteiger partial charge >= 0.3 is 0 Å². The van der Waals surface area contributed by atoms with E-state index < -0.39 is 0 Å². The highest BCUT2D eigenvalue weighted by molar-refractivity contribution is 14.0. The fourth-order valence-electron chi connectivity index (χ4n) is 3.38. The predicted octanol–water partition coefficient (Wildman–Crippen LogP) is 4.24. The summed E-state index contributed by atoms with van der Waals surface area (Å²) in [5.41, 5.74) is 3.79. The molecule has 1 aromatic carbocycles. The minimum absolute atomic E-state index is 0. The number of halogens is 1. The molecule has 1 aromatic heterocycles. The van der Waals surface area contributed by atoms with Crippen molar-refractivity contribution in [3.05, 3.63) is 65.5 Å². The number of pyridine rings is 1. The Morgan fingerprint density at radius 3 is 2.86 bits per heavy atom. The van der Waals surface area contributed by atoms with Crippen LogP contribution in [0.15, 0.2) is 53.7 Å². The molecular formula is C22H31IN4O. The molecule has 0 saturated carbocycles. The monoisotopic (exact) mass is 494 g/mol. The normalized spacial score (nSPS) is 16.0. The molecule has 1 heterocycles. The molecule has 28 heavy (non-hydrogen) atoms. The number of ether oxygens (including phenoxy) is 1. The largest absolute Gasteiger partial charge is 0.373 e. The molecule has 1 atom stereocenters. The fraction of sp³-hybridized carbons (Fsp3) is 0.455. The van der Waals surface area contributed by atoms with Gasteiger partial charge < -0.3 is 15.4 Å². The van der Waals surface area contributed by atoms with Crippen LogP contribution in [0.1, 0.15) is 49.1 Å². The lowest BCUT2D eigenvalue weighted by Gasteiger charge is -2.25. The number of rotatable bonds is 8. The first-order valence-electron chi connectivity index (χ1n) is 9.98. The van der Waals surface area contributed by atoms with E-state index in [4.69, 9.17) is 4.74 Å². The molecule has 0 spiro atoms. The van der Waals surface area contributed by atoms with Gasteiger partial charge in [-0.05, 0) is 55.9 Å². The molecule has 152 valence electrons. The number of benzene rings is 1. The molecule has 3 rings (SSSR count). The fourth-order valence-corrected chi connectivity index (χ4v) is 3.38. The maximum absolute atomic E-state index is 6.17. The summed E-state index contributed by atoms with van der Waals surface area (Å²) in [5.74, 6) is 0.825. The molecule has 0 amide bonds. The number of hydrogen-bond donors (Lipinski definition) is 2. The SMILES string of the molecule is CCNC(=NCc1ccccn1)NCCCOC1CCCc2ccccc21.I. The van der Waals surface area contributed by atoms with E-state index in [1.54, 1.807) is 6.20 Å². The minimum atomic E-state index is 0. The highest BCUT2D eigenvalue weighted by Crippen LogP contribution is 2.32. The van der Waals surface area contributed by atoms with Crippen LogP contribution in [-0.4, -0.2) is 30.6 Å². The van der Waals surface area contributed by atoms with Crippen molar-refractivity contribution in [2.24, 2.45) is 4.99 Å². The number of hydrogen-bond acceptors (Lipinski definition) is 3. The molecule has 0 aliphatic heterocycles. The molecule has 0 saturated heterocycles. The molecule has 2 N–H and O–H groups in total. The van der Waals surface area contributed by atoms with E-state index in [9.17, 15) is 0 Å². The molecule has 2 aromatic rings. The van der Waals surface area contributed by atoms with Gasteiger partial charge in [-0.2, -0.15) is 0 Å². The average molecular weight is 494 g/mol. The molecule has 1 aliphatic rings. The topological polar surface area (TPSA) is 58.5 Å². The van der Waals surface area contributed by atoms with Gasteiger partial charge in [-0.25, -0.2) is 4.99 Å². The van der Waals surface area contributed by atoms with E-state index in [-0.39, 0.29) is 30.1 Å². The number of fused-ring (bicyclic) bond motifs is 1. The minimum Gasteiger partial charge on any atom is -0.373 e. The Labute approximate surface area is 185 Å². The average Bonchev–Trinajstić information content (AvgIpc) is 2.72. The third-order valence-electron chi connectivity index (χ3n) is 4.72. The zero-order valence-electron chi connectivity index (χ0n) is 16.6. The predicted molar refractivity (Wildman–Crippen MR) is 125 cm³/mol. The number of aliphatic imine (C=N–C) groups is 1. The van der Waals surface area contributed by atoms with Gasteiger partial charge in [-0.3, -0.25) is 4.98 Å². The first-order chi connectivity index (χ1) is 13.4. The molecular weight excluding hydrogens is 463 g/mol. The highest BCUT2D eigenvalue weighted by Gasteiger charge is 2.19. The van der Waals surface area contributed by atoms with Crippen molar-refractivity contribution in [3.8, 4) is 0 Å². The van der Waals surface area contributed by atoms with E-state index in [0.717, 1.165) is 44.2 Å². The third-order valence-corrected chi connectivity index (χ3v) is 4.72. The van der Waals surface area contributed by atoms with Crippen LogP contribution in [-0.2, 0) is 17.7 Å². The standard InChI is InChI=1S/C22H30N4O.HI/c1-2-23-22(26-17-19-11-5-6-14-24-19)25-15-8-16-27-21-13-7-10-18-9-3-4-12-20(18)21;/h3-6,9,11-12,14,21H,2,7-8,10,13,15-17H2,1H3,(H2,23,25,26);1H. The van der Waals surface area contributed by atoms with Gasteiger partial charge in [0, 0.05) is 25.9 Å². The van der Waals surface area contributed by atoms with Gasteiger partial charge in [-0.15, -0.1) is 24.0 Å². The van der Waals surface area contributed by atoms with E-state index in [1.165, 1.54) is 24.0 Å². The summed E-state index contributed by atoms with van der Waals surface area (Å²) in [6, 6.07) is 14.6. The molecule has 5 nitrogen and oxygen atoms in total. The quantitative estimate of drug-likeness (QED) is 0.250. The van der Waals surface area contributed by atoms with E-state index in [0.29, 0.717) is 6.54 Å². The van der Waals surface area contributed by atoms with Gasteiger partial charge in [0.1, 0.15) is 0 Å². The van der Waals surface area contributed by atoms with Crippen molar-refractivity contribution in [1.82, 2.24) is 15.6 Å². The van der Waals surface area contributed by atoms with Crippen molar-refractivity contribution in [1.29, 1.82) is 0 Å². The van der Waals surface area contributed by atoms with Crippen molar-refractivity contribution < 1.29 is 4.74 Å². The van der Waals surface area contributed by atoms with Gasteiger partial charge in [-0.1, -0.05) is 30.3 Å². The Balaban J connectivity index is 0.00000280. The third kappa shape index (κ3) is 7.05. The summed E-state index contributed by atoms with van der Waals surface area (Å²) in [4.78, 5) is 8.90. The first kappa shape index (κ1) is 22.6. The van der Waals surface area contributed by atoms with Crippen molar-refractivity contribution in [3.63, 3.8) is 0 Å². The van der Waals surface area contributed by atoms with E-state index in [2.05, 4.69) is 51.8 Å². The molecule has 1 aliphatic carbocycles. The second-order valence-electron chi connectivity index (χ2n) is 6.75. The lowest BCUT2D eigenvalue weighted by atomic mass is 9.89. The maximum atomic E-state index is 6.17. The van der Waals surface area contributed by atoms with Crippen molar-refractivity contribution in [2.75, 3.05) is 19.7 Å². The summed E-state index contributed by atoms with van der Waals surface area (Å²) in [5, 5.41) is 6.66. The summed E-state index contributed by atoms with van der Waals surface area (Å²) in [7, 11) is 0. The van der Waals surface area contributed by atoms with Gasteiger partial charge in [0.05, 0.1) is 18.3 Å². The lowest BCUT2D eigenvalue weighted by molar-refractivity contribution is 0.0398. The van der Waals surface area contributed by atoms with Crippen LogP contribution >= 0.6 is 24.0 Å². The van der Waals surface area contributed by atoms with Gasteiger partial charge in [0.25, 0.3) is 0 Å². The number of aromatic nitrogens is 1. The van der Waals surface area contributed by atoms with Crippen LogP contribution in [0.2, 0.25) is 0 Å². The summed E-state index contributed by atoms with van der Waals surface area (Å²) < 4.78 is 6.17. The number of guanidine groups is 1. The molecule has 6 heteroatoms. The number of aryl methyl sites for hydroxylation is 1. The van der Waals surface area contributed by atoms with Crippen LogP contribution in [0, 0.1) is 0 Å². The summed E-state index contributed by atoms with van der Waals surface area (Å²) >= 11 is 0. The Hall–Kier alpha value is -1.67. The Bertz CT molecular complexity index is 723. The van der Waals surface area contributed by atoms with Crippen LogP contribution in [0.25, 0.3) is 0 Å². The van der Waals surface area contributed by atoms with E-state index in [1.807, 2.05) is 18.2 Å². The molecule has 0 bridgehead atoms. The van der Waals surface area contributed by atoms with Crippen LogP contribution in [0.3, 0.4) is 0 Å². The van der Waals surface area contributed by atoms with Gasteiger partial charge in [0.2, 0.25) is 0 Å². The maximum Gasteiger partial charge on any atom is 0.191 e. The first-order valence-corrected chi connectivity index (χ1v) is 9.98. The highest BCUT2D eigenvalue weighted by atomic mass is 127. The number of nitrogens with zero attached hydrogens (tertiary/aromatic N) is 2.